The van der Waals surface area contributed by atoms with E-state index in [9.17, 15) is 56.2 Å². The van der Waals surface area contributed by atoms with Crippen molar-refractivity contribution < 1.29 is 56.2 Å². The molecular weight excluding hydrogens is 391 g/mol. The van der Waals surface area contributed by atoms with E-state index in [4.69, 9.17) is 0 Å². The Hall–Kier alpha value is 0.141. The van der Waals surface area contributed by atoms with Crippen molar-refractivity contribution in [3.8, 4) is 0 Å². The van der Waals surface area contributed by atoms with Crippen LogP contribution in [-0.2, 0) is 0 Å². The van der Waals surface area contributed by atoms with Gasteiger partial charge >= 0.3 is 73.1 Å². The third kappa shape index (κ3) is 136. The molecule has 0 aliphatic carbocycles. The second kappa shape index (κ2) is 14.5. The average Bonchev–Trinajstić information content (AvgIpc) is 2.09. The molecule has 0 atom stereocenters. The van der Waals surface area contributed by atoms with Crippen LogP contribution in [0.15, 0.2) is 30.3 Å². The van der Waals surface area contributed by atoms with E-state index in [1.54, 1.807) is 18.2 Å². The van der Waals surface area contributed by atoms with E-state index in [0.29, 0.717) is 0 Å². The Morgan fingerprint density at radius 2 is 0.652 bits per heavy atom. The van der Waals surface area contributed by atoms with Crippen molar-refractivity contribution in [2.75, 3.05) is 0 Å². The van der Waals surface area contributed by atoms with Crippen LogP contribution in [0.5, 0.6) is 0 Å². The first-order valence-electron chi connectivity index (χ1n) is 4.72. The van der Waals surface area contributed by atoms with Crippen LogP contribution in [-0.4, -0.2) is 73.1 Å². The van der Waals surface area contributed by atoms with Crippen molar-refractivity contribution in [3.63, 3.8) is 0 Å². The van der Waals surface area contributed by atoms with Crippen molar-refractivity contribution in [2.24, 2.45) is 0 Å². The zero-order valence-electron chi connectivity index (χ0n) is 10.0. The van der Waals surface area contributed by atoms with Gasteiger partial charge in [0.25, 0.3) is 0 Å². The minimum absolute atomic E-state index is 0. The quantitative estimate of drug-likeness (QED) is 0.424. The Bertz CT molecular complexity index is 314. The Morgan fingerprint density at radius 3 is 0.739 bits per heavy atom. The van der Waals surface area contributed by atoms with E-state index >= 15 is 0 Å². The minimum atomic E-state index is -6.00. The molecule has 23 heavy (non-hydrogen) atoms. The zero-order valence-corrected chi connectivity index (χ0v) is 10.0. The van der Waals surface area contributed by atoms with Crippen LogP contribution >= 0.6 is 0 Å². The van der Waals surface area contributed by atoms with Crippen molar-refractivity contribution in [1.29, 1.82) is 0 Å². The molecule has 134 valence electrons. The molecule has 0 saturated heterocycles. The number of halogens is 13. The summed E-state index contributed by atoms with van der Waals surface area (Å²) in [6, 6.07) is 7.94. The molecule has 0 aliphatic heterocycles. The summed E-state index contributed by atoms with van der Waals surface area (Å²) in [6.07, 6.45) is 0. The molecule has 0 spiro atoms. The van der Waals surface area contributed by atoms with Crippen LogP contribution in [0.4, 0.5) is 56.2 Å². The molecule has 1 aromatic carbocycles. The third-order valence-electron chi connectivity index (χ3n) is 0.733. The van der Waals surface area contributed by atoms with Gasteiger partial charge in [0, 0.05) is 0 Å². The van der Waals surface area contributed by atoms with E-state index in [1.165, 1.54) is 12.1 Å². The molecule has 17 heteroatoms. The summed E-state index contributed by atoms with van der Waals surface area (Å²) >= 11 is 0. The van der Waals surface area contributed by atoms with Crippen molar-refractivity contribution in [2.45, 2.75) is 0 Å². The molecule has 0 saturated carbocycles. The summed E-state index contributed by atoms with van der Waals surface area (Å²) in [7, 11) is -18.0. The summed E-state index contributed by atoms with van der Waals surface area (Å²) in [6.45, 7) is 0. The summed E-state index contributed by atoms with van der Waals surface area (Å²) in [5.41, 5.74) is 0. The van der Waals surface area contributed by atoms with Crippen molar-refractivity contribution in [1.82, 2.24) is 0 Å². The van der Waals surface area contributed by atoms with E-state index in [1.807, 2.05) is 0 Å². The maximum atomic E-state index is 11.9. The first-order valence-corrected chi connectivity index (χ1v) is 4.72. The van der Waals surface area contributed by atoms with Gasteiger partial charge in [-0.3, -0.25) is 0 Å². The van der Waals surface area contributed by atoms with Crippen LogP contribution in [0.25, 0.3) is 0 Å². The predicted octanol–water partition coefficient (Wildman–Crippen LogP) is 5.08. The van der Waals surface area contributed by atoms with E-state index in [-0.39, 0.29) is 57.2 Å². The molecule has 0 aromatic heterocycles. The van der Waals surface area contributed by atoms with E-state index in [2.05, 4.69) is 0 Å². The summed E-state index contributed by atoms with van der Waals surface area (Å²) in [4.78, 5) is 0. The number of hydrogen-bond donors (Lipinski definition) is 0. The standard InChI is InChI=1S/C6H5F.3BF4.K.H/c7-6-4-2-1-3-5-6;3*2-1(3,4)5;;/h1-5H;;;;;/q;3*-1;;. The number of hydrogen-bond acceptors (Lipinski definition) is 0. The molecule has 1 aromatic rings. The Balaban J connectivity index is -0.000000105. The van der Waals surface area contributed by atoms with Gasteiger partial charge in [0.05, 0.1) is 0 Å². The predicted molar refractivity (Wildman–Crippen MR) is 64.1 cm³/mol. The Kier molecular flexibility index (Phi) is 19.5. The first kappa shape index (κ1) is 31.0. The second-order valence-electron chi connectivity index (χ2n) is 2.78. The second-order valence-corrected chi connectivity index (χ2v) is 2.78. The summed E-state index contributed by atoms with van der Waals surface area (Å²) < 4.78 is 129. The van der Waals surface area contributed by atoms with Gasteiger partial charge < -0.3 is 51.8 Å². The summed E-state index contributed by atoms with van der Waals surface area (Å²) in [5.74, 6) is -0.178. The summed E-state index contributed by atoms with van der Waals surface area (Å²) in [5, 5.41) is 0. The van der Waals surface area contributed by atoms with Gasteiger partial charge in [0.2, 0.25) is 0 Å². The van der Waals surface area contributed by atoms with Gasteiger partial charge in [-0.1, -0.05) is 18.2 Å². The molecular formula is C6H6B3F13K-3. The van der Waals surface area contributed by atoms with Gasteiger partial charge in [0.15, 0.2) is 0 Å². The van der Waals surface area contributed by atoms with Crippen molar-refractivity contribution in [3.05, 3.63) is 36.1 Å². The first-order chi connectivity index (χ1) is 9.39. The molecule has 0 nitrogen and oxygen atoms in total. The molecule has 0 fully saturated rings. The zero-order chi connectivity index (χ0) is 18.6. The molecule has 0 bridgehead atoms. The van der Waals surface area contributed by atoms with Gasteiger partial charge in [0.1, 0.15) is 5.82 Å². The van der Waals surface area contributed by atoms with Crippen LogP contribution in [0, 0.1) is 5.82 Å². The Labute approximate surface area is 164 Å². The average molecular weight is 397 g/mol. The van der Waals surface area contributed by atoms with Crippen LogP contribution < -0.4 is 0 Å². The van der Waals surface area contributed by atoms with Gasteiger partial charge in [-0.05, 0) is 12.1 Å². The molecule has 0 aliphatic rings. The van der Waals surface area contributed by atoms with Crippen LogP contribution in [0.3, 0.4) is 0 Å². The van der Waals surface area contributed by atoms with Crippen molar-refractivity contribution >= 4 is 73.1 Å². The maximum absolute atomic E-state index is 11.9. The van der Waals surface area contributed by atoms with Crippen LogP contribution in [0.2, 0.25) is 0 Å². The molecule has 0 heterocycles. The fourth-order valence-electron chi connectivity index (χ4n) is 0.415. The number of rotatable bonds is 0. The molecule has 0 amide bonds. The Morgan fingerprint density at radius 1 is 0.478 bits per heavy atom. The van der Waals surface area contributed by atoms with Gasteiger partial charge in [-0.15, -0.1) is 0 Å². The molecule has 0 radical (unpaired) electrons. The monoisotopic (exact) mass is 397 g/mol. The topological polar surface area (TPSA) is 0 Å². The number of benzene rings is 1. The molecule has 0 unspecified atom stereocenters. The fraction of sp³-hybridized carbons (Fsp3) is 0. The SMILES string of the molecule is F[B-](F)(F)F.F[B-](F)(F)F.F[B-](F)(F)F.Fc1ccccc1.[KH]. The van der Waals surface area contributed by atoms with Crippen LogP contribution in [0.1, 0.15) is 0 Å². The molecule has 0 N–H and O–H groups in total. The van der Waals surface area contributed by atoms with Gasteiger partial charge in [-0.2, -0.15) is 0 Å². The fourth-order valence-corrected chi connectivity index (χ4v) is 0.415. The normalized spacial score (nSPS) is 10.5. The van der Waals surface area contributed by atoms with E-state index < -0.39 is 21.8 Å². The third-order valence-corrected chi connectivity index (χ3v) is 0.733. The molecule has 1 rings (SSSR count). The van der Waals surface area contributed by atoms with E-state index in [0.717, 1.165) is 0 Å². The van der Waals surface area contributed by atoms with Gasteiger partial charge in [-0.25, -0.2) is 4.39 Å².